The van der Waals surface area contributed by atoms with Crippen LogP contribution in [0.1, 0.15) is 52.4 Å². The number of esters is 1. The topological polar surface area (TPSA) is 90.9 Å². The maximum Gasteiger partial charge on any atom is 0.312 e. The Kier molecular flexibility index (Phi) is 9.98. The highest BCUT2D eigenvalue weighted by molar-refractivity contribution is 7.92. The van der Waals surface area contributed by atoms with Gasteiger partial charge in [-0.25, -0.2) is 8.42 Å². The van der Waals surface area contributed by atoms with Crippen molar-refractivity contribution in [2.75, 3.05) is 26.3 Å². The molecule has 0 bridgehead atoms. The molecule has 1 aliphatic rings. The lowest BCUT2D eigenvalue weighted by Gasteiger charge is -2.36. The van der Waals surface area contributed by atoms with Gasteiger partial charge in [0, 0.05) is 6.42 Å². The molecule has 7 nitrogen and oxygen atoms in total. The lowest BCUT2D eigenvalue weighted by molar-refractivity contribution is -0.158. The van der Waals surface area contributed by atoms with Gasteiger partial charge in [0.15, 0.2) is 0 Å². The van der Waals surface area contributed by atoms with Gasteiger partial charge in [-0.1, -0.05) is 31.5 Å². The van der Waals surface area contributed by atoms with Crippen molar-refractivity contribution in [3.05, 3.63) is 54.6 Å². The summed E-state index contributed by atoms with van der Waals surface area (Å²) in [5, 5.41) is 3.27. The van der Waals surface area contributed by atoms with E-state index in [4.69, 9.17) is 14.2 Å². The fourth-order valence-electron chi connectivity index (χ4n) is 4.28. The van der Waals surface area contributed by atoms with Crippen LogP contribution in [0.15, 0.2) is 59.5 Å². The van der Waals surface area contributed by atoms with Crippen LogP contribution in [0, 0.1) is 5.41 Å². The quantitative estimate of drug-likeness (QED) is 0.311. The molecule has 0 amide bonds. The minimum absolute atomic E-state index is 0.164. The molecular weight excluding hydrogens is 466 g/mol. The molecule has 8 heteroatoms. The monoisotopic (exact) mass is 503 g/mol. The van der Waals surface area contributed by atoms with Crippen molar-refractivity contribution in [1.82, 2.24) is 5.32 Å². The Morgan fingerprint density at radius 2 is 1.69 bits per heavy atom. The van der Waals surface area contributed by atoms with Crippen molar-refractivity contribution in [2.24, 2.45) is 5.41 Å². The Labute approximate surface area is 209 Å². The molecule has 1 saturated heterocycles. The average Bonchev–Trinajstić information content (AvgIpc) is 2.88. The van der Waals surface area contributed by atoms with Crippen LogP contribution >= 0.6 is 0 Å². The smallest absolute Gasteiger partial charge is 0.312 e. The molecule has 1 aliphatic heterocycles. The summed E-state index contributed by atoms with van der Waals surface area (Å²) in [6, 6.07) is 15.4. The number of hydrogen-bond acceptors (Lipinski definition) is 7. The highest BCUT2D eigenvalue weighted by Crippen LogP contribution is 2.38. The third kappa shape index (κ3) is 7.21. The summed E-state index contributed by atoms with van der Waals surface area (Å²) < 4.78 is 44.5. The maximum atomic E-state index is 13.7. The van der Waals surface area contributed by atoms with Gasteiger partial charge in [0.2, 0.25) is 15.3 Å². The van der Waals surface area contributed by atoms with Crippen LogP contribution in [0.4, 0.5) is 0 Å². The van der Waals surface area contributed by atoms with Gasteiger partial charge >= 0.3 is 5.97 Å². The van der Waals surface area contributed by atoms with Crippen molar-refractivity contribution in [3.8, 4) is 11.5 Å². The predicted molar refractivity (Wildman–Crippen MR) is 135 cm³/mol. The van der Waals surface area contributed by atoms with Crippen LogP contribution in [0.2, 0.25) is 0 Å². The van der Waals surface area contributed by atoms with Crippen molar-refractivity contribution < 1.29 is 27.4 Å². The first-order valence-corrected chi connectivity index (χ1v) is 14.0. The van der Waals surface area contributed by atoms with E-state index in [0.29, 0.717) is 57.1 Å². The van der Waals surface area contributed by atoms with Crippen molar-refractivity contribution in [2.45, 2.75) is 62.7 Å². The summed E-state index contributed by atoms with van der Waals surface area (Å²) in [6.07, 6.45) is 3.70. The second-order valence-electron chi connectivity index (χ2n) is 8.87. The van der Waals surface area contributed by atoms with E-state index in [0.717, 1.165) is 12.8 Å². The average molecular weight is 504 g/mol. The molecular formula is C27H37NO6S. The third-order valence-electron chi connectivity index (χ3n) is 6.40. The molecule has 1 fully saturated rings. The van der Waals surface area contributed by atoms with Gasteiger partial charge in [-0.2, -0.15) is 0 Å². The first-order chi connectivity index (χ1) is 16.9. The summed E-state index contributed by atoms with van der Waals surface area (Å²) in [6.45, 7) is 6.14. The number of ether oxygens (including phenoxy) is 3. The Morgan fingerprint density at radius 3 is 2.31 bits per heavy atom. The van der Waals surface area contributed by atoms with E-state index in [9.17, 15) is 13.2 Å². The molecule has 0 saturated carbocycles. The molecule has 1 unspecified atom stereocenters. The first-order valence-electron chi connectivity index (χ1n) is 12.5. The predicted octanol–water partition coefficient (Wildman–Crippen LogP) is 4.76. The number of unbranched alkanes of at least 4 members (excludes halogenated alkanes) is 1. The summed E-state index contributed by atoms with van der Waals surface area (Å²) in [5.41, 5.74) is -1.86. The fourth-order valence-corrected chi connectivity index (χ4v) is 5.76. The minimum atomic E-state index is -3.85. The maximum absolute atomic E-state index is 13.7. The number of para-hydroxylation sites is 1. The van der Waals surface area contributed by atoms with Gasteiger partial charge in [-0.05, 0) is 82.1 Å². The molecule has 2 aromatic carbocycles. The molecule has 0 spiro atoms. The Hall–Kier alpha value is -2.58. The van der Waals surface area contributed by atoms with Gasteiger partial charge in [0.05, 0.1) is 23.5 Å². The van der Waals surface area contributed by atoms with Crippen LogP contribution in [0.25, 0.3) is 0 Å². The zero-order chi connectivity index (χ0) is 25.2. The first kappa shape index (κ1) is 27.0. The van der Waals surface area contributed by atoms with Gasteiger partial charge in [0.25, 0.3) is 0 Å². The van der Waals surface area contributed by atoms with E-state index in [2.05, 4.69) is 12.2 Å². The van der Waals surface area contributed by atoms with Crippen LogP contribution in [-0.4, -0.2) is 46.1 Å². The zero-order valence-corrected chi connectivity index (χ0v) is 21.5. The van der Waals surface area contributed by atoms with E-state index in [1.54, 1.807) is 55.5 Å². The normalized spacial score (nSPS) is 16.3. The molecule has 0 aromatic heterocycles. The second-order valence-corrected chi connectivity index (χ2v) is 11.0. The minimum Gasteiger partial charge on any atom is -0.494 e. The van der Waals surface area contributed by atoms with E-state index in [1.165, 1.54) is 0 Å². The van der Waals surface area contributed by atoms with Gasteiger partial charge in [-0.15, -0.1) is 0 Å². The van der Waals surface area contributed by atoms with Crippen LogP contribution in [0.3, 0.4) is 0 Å². The van der Waals surface area contributed by atoms with Crippen LogP contribution in [0.5, 0.6) is 11.5 Å². The summed E-state index contributed by atoms with van der Waals surface area (Å²) in [7, 11) is -3.85. The molecule has 1 atom stereocenters. The molecule has 192 valence electrons. The van der Waals surface area contributed by atoms with Crippen LogP contribution in [-0.2, 0) is 19.4 Å². The number of nitrogens with one attached hydrogen (secondary N) is 1. The third-order valence-corrected chi connectivity index (χ3v) is 8.36. The number of piperidine rings is 1. The number of rotatable bonds is 13. The number of benzene rings is 2. The Morgan fingerprint density at radius 1 is 1.00 bits per heavy atom. The van der Waals surface area contributed by atoms with Gasteiger partial charge < -0.3 is 19.5 Å². The van der Waals surface area contributed by atoms with E-state index < -0.39 is 20.7 Å². The zero-order valence-electron chi connectivity index (χ0n) is 20.7. The lowest BCUT2D eigenvalue weighted by Crippen LogP contribution is -2.44. The summed E-state index contributed by atoms with van der Waals surface area (Å²) in [5.74, 6) is 0.843. The second kappa shape index (κ2) is 12.9. The van der Waals surface area contributed by atoms with E-state index in [-0.39, 0.29) is 17.3 Å². The molecule has 0 aliphatic carbocycles. The number of carbonyl (C=O) groups excluding carboxylic acids is 1. The van der Waals surface area contributed by atoms with Gasteiger partial charge in [-0.3, -0.25) is 4.79 Å². The largest absolute Gasteiger partial charge is 0.494 e. The summed E-state index contributed by atoms with van der Waals surface area (Å²) in [4.78, 5) is 13.1. The molecule has 35 heavy (non-hydrogen) atoms. The molecule has 0 radical (unpaired) electrons. The molecule has 1 N–H and O–H groups in total. The van der Waals surface area contributed by atoms with Gasteiger partial charge in [0.1, 0.15) is 11.5 Å². The number of hydrogen-bond donors (Lipinski definition) is 1. The van der Waals surface area contributed by atoms with E-state index in [1.807, 2.05) is 6.07 Å². The molecule has 3 rings (SSSR count). The highest BCUT2D eigenvalue weighted by Gasteiger charge is 2.42. The lowest BCUT2D eigenvalue weighted by atomic mass is 9.75. The molecule has 1 heterocycles. The van der Waals surface area contributed by atoms with Crippen molar-refractivity contribution in [3.63, 3.8) is 0 Å². The van der Waals surface area contributed by atoms with Crippen LogP contribution < -0.4 is 14.8 Å². The molecule has 2 aromatic rings. The highest BCUT2D eigenvalue weighted by atomic mass is 32.2. The van der Waals surface area contributed by atoms with E-state index >= 15 is 0 Å². The van der Waals surface area contributed by atoms with Crippen molar-refractivity contribution >= 4 is 15.8 Å². The summed E-state index contributed by atoms with van der Waals surface area (Å²) >= 11 is 0. The number of carbonyl (C=O) groups is 1. The number of sulfone groups is 1. The Balaban J connectivity index is 1.83. The standard InChI is InChI=1S/C27H37NO6S/c1-3-5-21-33-22-11-13-24(14-12-22)35(30,31)25(34-23-9-7-6-8-10-23)15-16-27(26(29)32-4-2)17-19-28-20-18-27/h6-14,25,28H,3-5,15-21H2,1-2H3. The van der Waals surface area contributed by atoms with Crippen molar-refractivity contribution in [1.29, 1.82) is 0 Å². The fraction of sp³-hybridized carbons (Fsp3) is 0.519. The SMILES string of the molecule is CCCCOc1ccc(S(=O)(=O)C(CCC2(C(=O)OCC)CCNCC2)Oc2ccccc2)cc1. The Bertz CT molecular complexity index is 1020.